The fraction of sp³-hybridized carbons (Fsp3) is 0.667. The van der Waals surface area contributed by atoms with Crippen LogP contribution in [0, 0.1) is 46.3 Å². The van der Waals surface area contributed by atoms with Crippen LogP contribution in [0.3, 0.4) is 0 Å². The van der Waals surface area contributed by atoms with Gasteiger partial charge in [0.25, 0.3) is 0 Å². The summed E-state index contributed by atoms with van der Waals surface area (Å²) < 4.78 is 6.61. The van der Waals surface area contributed by atoms with Gasteiger partial charge in [-0.1, -0.05) is 59.1 Å². The highest BCUT2D eigenvalue weighted by Crippen LogP contribution is 2.69. The van der Waals surface area contributed by atoms with E-state index in [4.69, 9.17) is 16.2 Å². The zero-order valence-corrected chi connectivity index (χ0v) is 27.2. The molecule has 43 heavy (non-hydrogen) atoms. The van der Waals surface area contributed by atoms with Gasteiger partial charge in [0, 0.05) is 17.3 Å². The van der Waals surface area contributed by atoms with Crippen LogP contribution in [0.5, 0.6) is 0 Å². The highest BCUT2D eigenvalue weighted by molar-refractivity contribution is 5.89. The number of nitrogens with two attached hydrogens (primary N) is 2. The maximum Gasteiger partial charge on any atom is 0.338 e. The maximum absolute atomic E-state index is 13.6. The number of esters is 1. The van der Waals surface area contributed by atoms with Crippen LogP contribution >= 0.6 is 0 Å². The van der Waals surface area contributed by atoms with Crippen molar-refractivity contribution in [1.82, 2.24) is 0 Å². The lowest BCUT2D eigenvalue weighted by molar-refractivity contribution is -0.161. The number of nitrogen functional groups attached to an aromatic ring is 2. The predicted octanol–water partition coefficient (Wildman–Crippen LogP) is 9.65. The van der Waals surface area contributed by atoms with Gasteiger partial charge in [-0.3, -0.25) is 0 Å². The molecule has 4 aliphatic carbocycles. The molecule has 0 bridgehead atoms. The summed E-state index contributed by atoms with van der Waals surface area (Å²) in [5.41, 5.74) is 16.1. The minimum absolute atomic E-state index is 0.0414. The Morgan fingerprint density at radius 2 is 1.47 bits per heavy atom. The van der Waals surface area contributed by atoms with Gasteiger partial charge in [-0.25, -0.2) is 4.79 Å². The van der Waals surface area contributed by atoms with Crippen LogP contribution in [-0.4, -0.2) is 12.1 Å². The molecule has 0 aliphatic heterocycles. The Kier molecular flexibility index (Phi) is 8.61. The van der Waals surface area contributed by atoms with Crippen LogP contribution in [0.25, 0.3) is 0 Å². The van der Waals surface area contributed by atoms with Gasteiger partial charge >= 0.3 is 5.97 Å². The van der Waals surface area contributed by atoms with Gasteiger partial charge in [-0.15, -0.1) is 0 Å². The van der Waals surface area contributed by atoms with Crippen molar-refractivity contribution in [2.45, 2.75) is 117 Å². The van der Waals surface area contributed by atoms with E-state index in [2.05, 4.69) is 39.8 Å². The fourth-order valence-electron chi connectivity index (χ4n) is 10.8. The van der Waals surface area contributed by atoms with Crippen molar-refractivity contribution in [2.75, 3.05) is 11.5 Å². The van der Waals surface area contributed by atoms with E-state index in [1.54, 1.807) is 0 Å². The normalized spacial score (nSPS) is 36.9. The summed E-state index contributed by atoms with van der Waals surface area (Å²) >= 11 is 0. The molecule has 0 heterocycles. The molecule has 4 nitrogen and oxygen atoms in total. The van der Waals surface area contributed by atoms with Crippen molar-refractivity contribution in [3.05, 3.63) is 59.7 Å². The first kappa shape index (κ1) is 30.5. The van der Waals surface area contributed by atoms with E-state index in [1.165, 1.54) is 69.8 Å². The number of fused-ring (bicyclic) bond motifs is 5. The molecule has 4 fully saturated rings. The molecule has 4 heteroatoms. The smallest absolute Gasteiger partial charge is 0.338 e. The number of benzene rings is 2. The molecule has 234 valence electrons. The number of carbonyl (C=O) groups is 1. The van der Waals surface area contributed by atoms with E-state index in [0.29, 0.717) is 34.4 Å². The third-order valence-electron chi connectivity index (χ3n) is 13.2. The Morgan fingerprint density at radius 1 is 0.814 bits per heavy atom. The molecular formula is C39H56N2O2. The van der Waals surface area contributed by atoms with Crippen molar-refractivity contribution < 1.29 is 9.53 Å². The minimum Gasteiger partial charge on any atom is -0.458 e. The van der Waals surface area contributed by atoms with Crippen LogP contribution in [0.1, 0.15) is 127 Å². The minimum atomic E-state index is -0.187. The van der Waals surface area contributed by atoms with Crippen LogP contribution < -0.4 is 11.5 Å². The quantitative estimate of drug-likeness (QED) is 0.184. The Morgan fingerprint density at radius 3 is 2.16 bits per heavy atom. The molecule has 0 aromatic heterocycles. The van der Waals surface area contributed by atoms with Crippen LogP contribution in [0.2, 0.25) is 0 Å². The van der Waals surface area contributed by atoms with Crippen LogP contribution in [0.4, 0.5) is 11.4 Å². The topological polar surface area (TPSA) is 78.3 Å². The summed E-state index contributed by atoms with van der Waals surface area (Å²) in [5, 5.41) is 0. The van der Waals surface area contributed by atoms with E-state index in [1.807, 2.05) is 36.4 Å². The van der Waals surface area contributed by atoms with E-state index in [0.717, 1.165) is 42.2 Å². The van der Waals surface area contributed by atoms with Crippen LogP contribution in [0.15, 0.2) is 48.5 Å². The Labute approximate surface area is 260 Å². The van der Waals surface area contributed by atoms with E-state index in [9.17, 15) is 4.79 Å². The number of hydrogen-bond donors (Lipinski definition) is 2. The number of ether oxygens (including phenoxy) is 1. The predicted molar refractivity (Wildman–Crippen MR) is 178 cm³/mol. The average molecular weight is 585 g/mol. The number of unbranched alkanes of at least 4 members (excludes halogenated alkanes) is 1. The molecule has 0 radical (unpaired) electrons. The molecule has 2 aromatic rings. The van der Waals surface area contributed by atoms with Crippen molar-refractivity contribution in [1.29, 1.82) is 0 Å². The molecule has 0 spiro atoms. The summed E-state index contributed by atoms with van der Waals surface area (Å²) in [6.07, 6.45) is 15.5. The summed E-state index contributed by atoms with van der Waals surface area (Å²) in [7, 11) is 0. The molecule has 2 aromatic carbocycles. The van der Waals surface area contributed by atoms with Gasteiger partial charge in [0.05, 0.1) is 5.56 Å². The molecular weight excluding hydrogens is 528 g/mol. The van der Waals surface area contributed by atoms with Gasteiger partial charge < -0.3 is 16.2 Å². The van der Waals surface area contributed by atoms with E-state index >= 15 is 0 Å². The molecule has 9 unspecified atom stereocenters. The summed E-state index contributed by atoms with van der Waals surface area (Å²) in [6, 6.07) is 15.8. The standard InChI is InChI=1S/C39H56N2O2/c1-25(2)7-5-6-8-29-13-18-33-32-24-36(43-37(42)27-11-16-31(41)17-12-27)35-23-28(26-9-14-30(40)15-10-26)19-21-39(35,4)34(32)20-22-38(29,33)3/h9-12,14-17,25,28-29,32-36H,5-8,13,18-24,40-41H2,1-4H3. The molecule has 6 rings (SSSR count). The SMILES string of the molecule is CC(C)CCCCC1CCC2C3CC(OC(=O)c4ccc(N)cc4)C4CC(c5ccc(N)cc5)CCC4(C)C3CCC12C. The van der Waals surface area contributed by atoms with E-state index < -0.39 is 0 Å². The van der Waals surface area contributed by atoms with Crippen molar-refractivity contribution in [2.24, 2.45) is 46.3 Å². The Hall–Kier alpha value is -2.49. The molecule has 0 saturated heterocycles. The Bertz CT molecular complexity index is 1260. The van der Waals surface area contributed by atoms with Crippen LogP contribution in [-0.2, 0) is 4.74 Å². The number of anilines is 2. The third kappa shape index (κ3) is 5.85. The highest BCUT2D eigenvalue weighted by atomic mass is 16.5. The largest absolute Gasteiger partial charge is 0.458 e. The lowest BCUT2D eigenvalue weighted by Crippen LogP contribution is -2.58. The number of rotatable bonds is 8. The average Bonchev–Trinajstić information content (AvgIpc) is 3.32. The van der Waals surface area contributed by atoms with E-state index in [-0.39, 0.29) is 17.5 Å². The fourth-order valence-corrected chi connectivity index (χ4v) is 10.8. The third-order valence-corrected chi connectivity index (χ3v) is 13.2. The van der Waals surface area contributed by atoms with Crippen molar-refractivity contribution >= 4 is 17.3 Å². The molecule has 0 amide bonds. The highest BCUT2D eigenvalue weighted by Gasteiger charge is 2.62. The van der Waals surface area contributed by atoms with Gasteiger partial charge in [0.15, 0.2) is 0 Å². The summed E-state index contributed by atoms with van der Waals surface area (Å²) in [5.74, 6) is 4.48. The Balaban J connectivity index is 1.26. The van der Waals surface area contributed by atoms with Gasteiger partial charge in [0.1, 0.15) is 6.10 Å². The first-order valence-corrected chi connectivity index (χ1v) is 17.5. The molecule has 9 atom stereocenters. The van der Waals surface area contributed by atoms with Crippen molar-refractivity contribution in [3.8, 4) is 0 Å². The maximum atomic E-state index is 13.6. The van der Waals surface area contributed by atoms with Gasteiger partial charge in [-0.05, 0) is 146 Å². The van der Waals surface area contributed by atoms with Gasteiger partial charge in [-0.2, -0.15) is 0 Å². The number of hydrogen-bond acceptors (Lipinski definition) is 4. The number of carbonyl (C=O) groups excluding carboxylic acids is 1. The second kappa shape index (κ2) is 12.1. The first-order chi connectivity index (χ1) is 20.6. The molecule has 4 N–H and O–H groups in total. The lowest BCUT2D eigenvalue weighted by atomic mass is 9.43. The first-order valence-electron chi connectivity index (χ1n) is 17.5. The molecule has 4 saturated carbocycles. The zero-order chi connectivity index (χ0) is 30.4. The summed E-state index contributed by atoms with van der Waals surface area (Å²) in [6.45, 7) is 9.93. The summed E-state index contributed by atoms with van der Waals surface area (Å²) in [4.78, 5) is 13.6. The second-order valence-electron chi connectivity index (χ2n) is 15.9. The molecule has 4 aliphatic rings. The van der Waals surface area contributed by atoms with Gasteiger partial charge in [0.2, 0.25) is 0 Å². The second-order valence-corrected chi connectivity index (χ2v) is 15.9. The monoisotopic (exact) mass is 584 g/mol. The zero-order valence-electron chi connectivity index (χ0n) is 27.2. The van der Waals surface area contributed by atoms with Crippen molar-refractivity contribution in [3.63, 3.8) is 0 Å². The lowest BCUT2D eigenvalue weighted by Gasteiger charge is -2.62.